The molecule has 4 heterocycles. The summed E-state index contributed by atoms with van der Waals surface area (Å²) < 4.78 is 1.78. The van der Waals surface area contributed by atoms with E-state index < -0.39 is 0 Å². The molecule has 0 aromatic carbocycles. The van der Waals surface area contributed by atoms with Crippen molar-refractivity contribution < 1.29 is 0 Å². The number of aromatic nitrogens is 6. The number of nitrogens with two attached hydrogens (primary N) is 1. The average molecular weight is 298 g/mol. The summed E-state index contributed by atoms with van der Waals surface area (Å²) >= 11 is 0. The molecule has 0 unspecified atom stereocenters. The van der Waals surface area contributed by atoms with Crippen LogP contribution >= 0.6 is 0 Å². The molecule has 3 aromatic rings. The number of H-pyrrole nitrogens is 1. The lowest BCUT2D eigenvalue weighted by Gasteiger charge is -2.30. The Morgan fingerprint density at radius 3 is 2.95 bits per heavy atom. The molecule has 114 valence electrons. The largest absolute Gasteiger partial charge is 0.367 e. The van der Waals surface area contributed by atoms with E-state index >= 15 is 0 Å². The Balaban J connectivity index is 1.39. The number of pyridine rings is 1. The number of hydrogen-bond donors (Lipinski definition) is 2. The Kier molecular flexibility index (Phi) is 3.23. The van der Waals surface area contributed by atoms with E-state index in [1.807, 2.05) is 6.20 Å². The number of nitrogens with zero attached hydrogens (tertiary/aromatic N) is 6. The second-order valence-electron chi connectivity index (χ2n) is 5.73. The zero-order valence-electron chi connectivity index (χ0n) is 12.2. The van der Waals surface area contributed by atoms with Gasteiger partial charge in [0.05, 0.1) is 0 Å². The summed E-state index contributed by atoms with van der Waals surface area (Å²) in [6.07, 6.45) is 5.68. The van der Waals surface area contributed by atoms with Gasteiger partial charge in [-0.05, 0) is 43.6 Å². The molecule has 0 aliphatic carbocycles. The highest BCUT2D eigenvalue weighted by Gasteiger charge is 2.23. The summed E-state index contributed by atoms with van der Waals surface area (Å²) in [6.45, 7) is 3.03. The van der Waals surface area contributed by atoms with E-state index in [1.165, 1.54) is 5.56 Å². The molecule has 1 fully saturated rings. The molecule has 1 saturated heterocycles. The van der Waals surface area contributed by atoms with E-state index in [-0.39, 0.29) is 0 Å². The number of hydrogen-bond acceptors (Lipinski definition) is 6. The van der Waals surface area contributed by atoms with Crippen molar-refractivity contribution in [1.29, 1.82) is 0 Å². The normalized spacial score (nSPS) is 17.3. The zero-order valence-corrected chi connectivity index (χ0v) is 12.2. The molecule has 0 atom stereocenters. The van der Waals surface area contributed by atoms with Gasteiger partial charge in [-0.1, -0.05) is 0 Å². The van der Waals surface area contributed by atoms with Crippen LogP contribution in [0.5, 0.6) is 0 Å². The van der Waals surface area contributed by atoms with Gasteiger partial charge in [0.25, 0.3) is 0 Å². The Morgan fingerprint density at radius 1 is 1.32 bits per heavy atom. The third-order valence-corrected chi connectivity index (χ3v) is 4.25. The first-order valence-electron chi connectivity index (χ1n) is 7.46. The molecule has 3 N–H and O–H groups in total. The highest BCUT2D eigenvalue weighted by molar-refractivity contribution is 5.39. The fourth-order valence-electron chi connectivity index (χ4n) is 3.05. The number of aromatic amines is 1. The topological polar surface area (TPSA) is 101 Å². The molecular weight excluding hydrogens is 280 g/mol. The molecule has 4 rings (SSSR count). The summed E-state index contributed by atoms with van der Waals surface area (Å²) in [5.41, 5.74) is 7.73. The number of piperidine rings is 1. The third kappa shape index (κ3) is 2.52. The smallest absolute Gasteiger partial charge is 0.239 e. The first-order chi connectivity index (χ1) is 10.8. The molecule has 0 spiro atoms. The minimum atomic E-state index is 0.332. The van der Waals surface area contributed by atoms with Gasteiger partial charge in [0.1, 0.15) is 12.2 Å². The maximum Gasteiger partial charge on any atom is 0.239 e. The van der Waals surface area contributed by atoms with E-state index in [0.717, 1.165) is 43.9 Å². The molecule has 0 bridgehead atoms. The van der Waals surface area contributed by atoms with Crippen LogP contribution in [0.25, 0.3) is 5.65 Å². The van der Waals surface area contributed by atoms with Gasteiger partial charge in [-0.15, -0.1) is 5.10 Å². The Hall–Kier alpha value is -2.48. The molecule has 0 amide bonds. The van der Waals surface area contributed by atoms with Crippen LogP contribution < -0.4 is 5.73 Å². The Morgan fingerprint density at radius 2 is 2.18 bits per heavy atom. The van der Waals surface area contributed by atoms with Gasteiger partial charge < -0.3 is 5.73 Å². The van der Waals surface area contributed by atoms with Crippen LogP contribution in [0.3, 0.4) is 0 Å². The summed E-state index contributed by atoms with van der Waals surface area (Å²) in [7, 11) is 0. The van der Waals surface area contributed by atoms with Crippen LogP contribution in [0.4, 0.5) is 5.95 Å². The molecule has 8 heteroatoms. The van der Waals surface area contributed by atoms with E-state index in [4.69, 9.17) is 5.73 Å². The van der Waals surface area contributed by atoms with Crippen molar-refractivity contribution in [2.75, 3.05) is 18.8 Å². The van der Waals surface area contributed by atoms with Crippen LogP contribution in [0.2, 0.25) is 0 Å². The lowest BCUT2D eigenvalue weighted by atomic mass is 9.96. The number of nitrogen functional groups attached to an aromatic ring is 1. The quantitative estimate of drug-likeness (QED) is 0.742. The summed E-state index contributed by atoms with van der Waals surface area (Å²) in [6, 6.07) is 4.20. The molecule has 1 aliphatic heterocycles. The number of fused-ring (bicyclic) bond motifs is 1. The van der Waals surface area contributed by atoms with Crippen LogP contribution in [-0.4, -0.2) is 47.8 Å². The fourth-order valence-corrected chi connectivity index (χ4v) is 3.05. The van der Waals surface area contributed by atoms with E-state index in [2.05, 4.69) is 42.3 Å². The molecular formula is C14H18N8. The molecule has 1 aliphatic rings. The molecule has 8 nitrogen and oxygen atoms in total. The fraction of sp³-hybridized carbons (Fsp3) is 0.429. The van der Waals surface area contributed by atoms with Gasteiger partial charge in [-0.2, -0.15) is 10.1 Å². The van der Waals surface area contributed by atoms with Gasteiger partial charge >= 0.3 is 0 Å². The summed E-state index contributed by atoms with van der Waals surface area (Å²) in [5.74, 6) is 1.68. The predicted molar refractivity (Wildman–Crippen MR) is 81.0 cm³/mol. The minimum Gasteiger partial charge on any atom is -0.367 e. The Bertz CT molecular complexity index is 768. The zero-order chi connectivity index (χ0) is 14.9. The highest BCUT2D eigenvalue weighted by Crippen LogP contribution is 2.26. The number of anilines is 1. The number of nitrogens with one attached hydrogen (secondary N) is 1. The van der Waals surface area contributed by atoms with E-state index in [1.54, 1.807) is 10.8 Å². The Labute approximate surface area is 127 Å². The van der Waals surface area contributed by atoms with Crippen LogP contribution in [-0.2, 0) is 6.54 Å². The maximum absolute atomic E-state index is 5.57. The number of rotatable bonds is 3. The standard InChI is InChI=1S/C14H18N8/c15-14-18-13(19-20-14)11-2-4-21(5-3-11)8-10-1-6-22-12(7-10)16-9-17-22/h1,6-7,9,11H,2-5,8H2,(H3,15,18,19,20). The first-order valence-corrected chi connectivity index (χ1v) is 7.46. The van der Waals surface area contributed by atoms with Crippen molar-refractivity contribution >= 4 is 11.6 Å². The van der Waals surface area contributed by atoms with Crippen molar-refractivity contribution in [3.63, 3.8) is 0 Å². The monoisotopic (exact) mass is 298 g/mol. The lowest BCUT2D eigenvalue weighted by Crippen LogP contribution is -2.32. The minimum absolute atomic E-state index is 0.332. The van der Waals surface area contributed by atoms with Crippen LogP contribution in [0.1, 0.15) is 30.1 Å². The van der Waals surface area contributed by atoms with Crippen molar-refractivity contribution in [3.05, 3.63) is 36.0 Å². The number of likely N-dealkylation sites (tertiary alicyclic amines) is 1. The van der Waals surface area contributed by atoms with Crippen molar-refractivity contribution in [2.24, 2.45) is 0 Å². The predicted octanol–water partition coefficient (Wildman–Crippen LogP) is 0.809. The first kappa shape index (κ1) is 13.2. The van der Waals surface area contributed by atoms with Gasteiger partial charge in [0, 0.05) is 18.7 Å². The van der Waals surface area contributed by atoms with Gasteiger partial charge in [-0.25, -0.2) is 9.50 Å². The lowest BCUT2D eigenvalue weighted by molar-refractivity contribution is 0.202. The van der Waals surface area contributed by atoms with Gasteiger partial charge in [-0.3, -0.25) is 10.00 Å². The van der Waals surface area contributed by atoms with Gasteiger partial charge in [0.2, 0.25) is 5.95 Å². The SMILES string of the molecule is Nc1n[nH]c(C2CCN(Cc3ccn4ncnc4c3)CC2)n1. The summed E-state index contributed by atoms with van der Waals surface area (Å²) in [4.78, 5) is 10.9. The van der Waals surface area contributed by atoms with E-state index in [0.29, 0.717) is 11.9 Å². The average Bonchev–Trinajstić information content (AvgIpc) is 3.16. The van der Waals surface area contributed by atoms with Crippen molar-refractivity contribution in [1.82, 2.24) is 34.7 Å². The molecule has 0 saturated carbocycles. The van der Waals surface area contributed by atoms with Crippen LogP contribution in [0.15, 0.2) is 24.7 Å². The highest BCUT2D eigenvalue weighted by atomic mass is 15.3. The van der Waals surface area contributed by atoms with Crippen molar-refractivity contribution in [2.45, 2.75) is 25.3 Å². The summed E-state index contributed by atoms with van der Waals surface area (Å²) in [5, 5.41) is 11.0. The molecule has 0 radical (unpaired) electrons. The van der Waals surface area contributed by atoms with Crippen LogP contribution in [0, 0.1) is 0 Å². The van der Waals surface area contributed by atoms with E-state index in [9.17, 15) is 0 Å². The molecule has 22 heavy (non-hydrogen) atoms. The second-order valence-corrected chi connectivity index (χ2v) is 5.73. The van der Waals surface area contributed by atoms with Gasteiger partial charge in [0.15, 0.2) is 5.65 Å². The van der Waals surface area contributed by atoms with Crippen molar-refractivity contribution in [3.8, 4) is 0 Å². The third-order valence-electron chi connectivity index (χ3n) is 4.25. The molecule has 3 aromatic heterocycles. The maximum atomic E-state index is 5.57. The second kappa shape index (κ2) is 5.38.